The maximum atomic E-state index is 13.3. The predicted molar refractivity (Wildman–Crippen MR) is 110 cm³/mol. The fourth-order valence-corrected chi connectivity index (χ4v) is 5.17. The smallest absolute Gasteiger partial charge is 0.248 e. The third-order valence-electron chi connectivity index (χ3n) is 6.55. The summed E-state index contributed by atoms with van der Waals surface area (Å²) in [5.41, 5.74) is 1.11. The Morgan fingerprint density at radius 2 is 1.57 bits per heavy atom. The van der Waals surface area contributed by atoms with Crippen molar-refractivity contribution in [3.8, 4) is 5.75 Å². The van der Waals surface area contributed by atoms with Crippen molar-refractivity contribution >= 4 is 23.4 Å². The lowest BCUT2D eigenvalue weighted by Gasteiger charge is -2.27. The van der Waals surface area contributed by atoms with Crippen LogP contribution in [0.25, 0.3) is 0 Å². The SMILES string of the molecule is O=C(Nc1ccccc1O)C(Cc1ccccc1)N1C(=O)C2C3C=CC(C3)C2C1=O. The number of benzene rings is 2. The largest absolute Gasteiger partial charge is 0.506 e. The van der Waals surface area contributed by atoms with Crippen molar-refractivity contribution in [1.82, 2.24) is 4.90 Å². The first-order valence-corrected chi connectivity index (χ1v) is 10.2. The number of nitrogens with zero attached hydrogens (tertiary/aromatic N) is 1. The lowest BCUT2D eigenvalue weighted by Crippen LogP contribution is -2.49. The summed E-state index contributed by atoms with van der Waals surface area (Å²) < 4.78 is 0. The van der Waals surface area contributed by atoms with E-state index in [2.05, 4.69) is 5.32 Å². The Morgan fingerprint density at radius 1 is 0.967 bits per heavy atom. The van der Waals surface area contributed by atoms with Gasteiger partial charge >= 0.3 is 0 Å². The Hall–Kier alpha value is -3.41. The van der Waals surface area contributed by atoms with Gasteiger partial charge in [-0.15, -0.1) is 0 Å². The topological polar surface area (TPSA) is 86.7 Å². The molecule has 5 unspecified atom stereocenters. The summed E-state index contributed by atoms with van der Waals surface area (Å²) in [6.45, 7) is 0. The first-order valence-electron chi connectivity index (χ1n) is 10.2. The lowest BCUT2D eigenvalue weighted by molar-refractivity contribution is -0.147. The fraction of sp³-hybridized carbons (Fsp3) is 0.292. The van der Waals surface area contributed by atoms with Gasteiger partial charge in [-0.2, -0.15) is 0 Å². The normalized spacial score (nSPS) is 27.4. The number of phenols is 1. The predicted octanol–water partition coefficient (Wildman–Crippen LogP) is 2.75. The molecule has 2 fully saturated rings. The highest BCUT2D eigenvalue weighted by atomic mass is 16.3. The number of nitrogens with one attached hydrogen (secondary N) is 1. The number of aromatic hydroxyl groups is 1. The van der Waals surface area contributed by atoms with Crippen LogP contribution in [0, 0.1) is 23.7 Å². The molecular formula is C24H22N2O4. The van der Waals surface area contributed by atoms with Crippen molar-refractivity contribution in [3.05, 3.63) is 72.3 Å². The van der Waals surface area contributed by atoms with Crippen molar-refractivity contribution in [2.24, 2.45) is 23.7 Å². The third-order valence-corrected chi connectivity index (χ3v) is 6.55. The maximum Gasteiger partial charge on any atom is 0.248 e. The quantitative estimate of drug-likeness (QED) is 0.457. The minimum atomic E-state index is -0.975. The number of rotatable bonds is 5. The van der Waals surface area contributed by atoms with E-state index in [1.54, 1.807) is 18.2 Å². The Balaban J connectivity index is 1.47. The first-order chi connectivity index (χ1) is 14.5. The molecule has 6 heteroatoms. The van der Waals surface area contributed by atoms with E-state index in [1.807, 2.05) is 42.5 Å². The van der Waals surface area contributed by atoms with E-state index in [1.165, 1.54) is 11.0 Å². The Kier molecular flexibility index (Phi) is 4.42. The van der Waals surface area contributed by atoms with Crippen LogP contribution < -0.4 is 5.32 Å². The van der Waals surface area contributed by atoms with E-state index >= 15 is 0 Å². The van der Waals surface area contributed by atoms with Gasteiger partial charge in [0.15, 0.2) is 0 Å². The molecule has 0 spiro atoms. The molecule has 1 heterocycles. The highest BCUT2D eigenvalue weighted by Crippen LogP contribution is 2.53. The molecule has 152 valence electrons. The molecule has 2 N–H and O–H groups in total. The molecule has 3 aliphatic rings. The second kappa shape index (κ2) is 7.13. The van der Waals surface area contributed by atoms with E-state index in [0.717, 1.165) is 12.0 Å². The number of imide groups is 1. The van der Waals surface area contributed by atoms with Crippen LogP contribution in [-0.4, -0.2) is 33.8 Å². The van der Waals surface area contributed by atoms with Crippen molar-refractivity contribution in [2.75, 3.05) is 5.32 Å². The molecule has 2 bridgehead atoms. The molecular weight excluding hydrogens is 380 g/mol. The van der Waals surface area contributed by atoms with Gasteiger partial charge in [-0.25, -0.2) is 0 Å². The molecule has 30 heavy (non-hydrogen) atoms. The highest BCUT2D eigenvalue weighted by molar-refractivity contribution is 6.11. The molecule has 3 amide bonds. The number of allylic oxidation sites excluding steroid dienone is 2. The van der Waals surface area contributed by atoms with E-state index < -0.39 is 11.9 Å². The zero-order valence-electron chi connectivity index (χ0n) is 16.3. The van der Waals surface area contributed by atoms with Crippen molar-refractivity contribution < 1.29 is 19.5 Å². The molecule has 5 rings (SSSR count). The third kappa shape index (κ3) is 2.91. The Morgan fingerprint density at radius 3 is 2.20 bits per heavy atom. The summed E-state index contributed by atoms with van der Waals surface area (Å²) in [6, 6.07) is 14.8. The van der Waals surface area contributed by atoms with Crippen LogP contribution in [0.4, 0.5) is 5.69 Å². The van der Waals surface area contributed by atoms with Crippen LogP contribution in [0.1, 0.15) is 12.0 Å². The van der Waals surface area contributed by atoms with E-state index in [9.17, 15) is 19.5 Å². The van der Waals surface area contributed by atoms with E-state index in [-0.39, 0.29) is 53.3 Å². The van der Waals surface area contributed by atoms with Gasteiger partial charge in [-0.05, 0) is 36.0 Å². The van der Waals surface area contributed by atoms with Gasteiger partial charge in [0.1, 0.15) is 11.8 Å². The number of carbonyl (C=O) groups is 3. The van der Waals surface area contributed by atoms with Crippen LogP contribution in [0.15, 0.2) is 66.7 Å². The molecule has 1 aliphatic heterocycles. The van der Waals surface area contributed by atoms with Crippen molar-refractivity contribution in [3.63, 3.8) is 0 Å². The van der Waals surface area contributed by atoms with E-state index in [0.29, 0.717) is 0 Å². The van der Waals surface area contributed by atoms with Gasteiger partial charge in [0.2, 0.25) is 17.7 Å². The number of anilines is 1. The van der Waals surface area contributed by atoms with Crippen LogP contribution in [0.2, 0.25) is 0 Å². The van der Waals surface area contributed by atoms with Gasteiger partial charge in [-0.3, -0.25) is 19.3 Å². The van der Waals surface area contributed by atoms with E-state index in [4.69, 9.17) is 0 Å². The second-order valence-corrected chi connectivity index (χ2v) is 8.26. The van der Waals surface area contributed by atoms with Crippen LogP contribution in [-0.2, 0) is 20.8 Å². The molecule has 2 aliphatic carbocycles. The summed E-state index contributed by atoms with van der Waals surface area (Å²) in [5, 5.41) is 12.7. The number of amides is 3. The standard InChI is InChI=1S/C24H22N2O4/c27-19-9-5-4-8-17(19)25-22(28)18(12-14-6-2-1-3-7-14)26-23(29)20-15-10-11-16(13-15)21(20)24(26)30/h1-11,15-16,18,20-21,27H,12-13H2,(H,25,28). The van der Waals surface area contributed by atoms with Gasteiger partial charge in [-0.1, -0.05) is 54.6 Å². The Bertz CT molecular complexity index is 1020. The molecule has 0 radical (unpaired) electrons. The van der Waals surface area contributed by atoms with Crippen molar-refractivity contribution in [1.29, 1.82) is 0 Å². The zero-order valence-corrected chi connectivity index (χ0v) is 16.3. The number of likely N-dealkylation sites (tertiary alicyclic amines) is 1. The number of carbonyl (C=O) groups excluding carboxylic acids is 3. The van der Waals surface area contributed by atoms with Crippen LogP contribution in [0.3, 0.4) is 0 Å². The van der Waals surface area contributed by atoms with Gasteiger partial charge in [0, 0.05) is 6.42 Å². The summed E-state index contributed by atoms with van der Waals surface area (Å²) in [5.74, 6) is -1.61. The Labute approximate surface area is 174 Å². The minimum absolute atomic E-state index is 0.0671. The lowest BCUT2D eigenvalue weighted by atomic mass is 9.85. The summed E-state index contributed by atoms with van der Waals surface area (Å²) in [4.78, 5) is 41.0. The zero-order chi connectivity index (χ0) is 20.8. The monoisotopic (exact) mass is 402 g/mol. The number of para-hydroxylation sites is 2. The molecule has 5 atom stereocenters. The molecule has 2 aromatic rings. The molecule has 6 nitrogen and oxygen atoms in total. The minimum Gasteiger partial charge on any atom is -0.506 e. The average Bonchev–Trinajstić information content (AvgIpc) is 3.43. The maximum absolute atomic E-state index is 13.3. The average molecular weight is 402 g/mol. The molecule has 2 aromatic carbocycles. The number of hydrogen-bond acceptors (Lipinski definition) is 4. The number of hydrogen-bond donors (Lipinski definition) is 2. The second-order valence-electron chi connectivity index (χ2n) is 8.26. The molecule has 0 aromatic heterocycles. The molecule has 1 saturated heterocycles. The molecule has 1 saturated carbocycles. The first kappa shape index (κ1) is 18.6. The summed E-state index contributed by atoms with van der Waals surface area (Å²) >= 11 is 0. The fourth-order valence-electron chi connectivity index (χ4n) is 5.17. The number of fused-ring (bicyclic) bond motifs is 5. The van der Waals surface area contributed by atoms with Crippen LogP contribution in [0.5, 0.6) is 5.75 Å². The number of phenolic OH excluding ortho intramolecular Hbond substituents is 1. The highest BCUT2D eigenvalue weighted by Gasteiger charge is 2.61. The van der Waals surface area contributed by atoms with Crippen LogP contribution >= 0.6 is 0 Å². The summed E-state index contributed by atoms with van der Waals surface area (Å²) in [7, 11) is 0. The van der Waals surface area contributed by atoms with Gasteiger partial charge in [0.05, 0.1) is 17.5 Å². The summed E-state index contributed by atoms with van der Waals surface area (Å²) in [6.07, 6.45) is 5.14. The van der Waals surface area contributed by atoms with Gasteiger partial charge in [0.25, 0.3) is 0 Å². The van der Waals surface area contributed by atoms with Crippen molar-refractivity contribution in [2.45, 2.75) is 18.9 Å². The van der Waals surface area contributed by atoms with Gasteiger partial charge < -0.3 is 10.4 Å².